The molecular weight excluding hydrogens is 342 g/mol. The molecule has 0 radical (unpaired) electrons. The molecule has 0 aliphatic heterocycles. The van der Waals surface area contributed by atoms with Gasteiger partial charge in [0.15, 0.2) is 6.10 Å². The highest BCUT2D eigenvalue weighted by Crippen LogP contribution is 2.27. The number of rotatable bonds is 8. The maximum Gasteiger partial charge on any atom is 0.342 e. The van der Waals surface area contributed by atoms with Crippen LogP contribution in [0.1, 0.15) is 56.0 Å². The number of nitrogens with one attached hydrogen (secondary N) is 1. The summed E-state index contributed by atoms with van der Waals surface area (Å²) in [6, 6.07) is 14.5. The summed E-state index contributed by atoms with van der Waals surface area (Å²) in [7, 11) is 0. The van der Waals surface area contributed by atoms with Crippen molar-refractivity contribution < 1.29 is 19.1 Å². The predicted molar refractivity (Wildman–Crippen MR) is 106 cm³/mol. The molecule has 0 aliphatic carbocycles. The first-order valence-corrected chi connectivity index (χ1v) is 9.30. The van der Waals surface area contributed by atoms with E-state index in [1.54, 1.807) is 31.2 Å². The van der Waals surface area contributed by atoms with E-state index >= 15 is 0 Å². The molecule has 0 bridgehead atoms. The number of anilines is 1. The molecule has 144 valence electrons. The molecule has 5 nitrogen and oxygen atoms in total. The minimum absolute atomic E-state index is 0.305. The maximum atomic E-state index is 12.5. The minimum atomic E-state index is -0.933. The Bertz CT molecular complexity index is 787. The molecule has 1 amide bonds. The summed E-state index contributed by atoms with van der Waals surface area (Å²) < 4.78 is 10.8. The molecule has 27 heavy (non-hydrogen) atoms. The molecule has 0 spiro atoms. The highest BCUT2D eigenvalue weighted by Gasteiger charge is 2.22. The number of carbonyl (C=O) groups excluding carboxylic acids is 2. The zero-order valence-electron chi connectivity index (χ0n) is 16.3. The topological polar surface area (TPSA) is 64.6 Å². The number of para-hydroxylation sites is 2. The SMILES string of the molecule is CCOc1ccccc1C(=O)O[C@@H](C)C(=O)Nc1ccccc1[C@@H](C)CC. The highest BCUT2D eigenvalue weighted by atomic mass is 16.5. The molecule has 0 unspecified atom stereocenters. The van der Waals surface area contributed by atoms with Gasteiger partial charge in [-0.2, -0.15) is 0 Å². The molecule has 0 heterocycles. The molecule has 2 rings (SSSR count). The standard InChI is InChI=1S/C22H27NO4/c1-5-15(3)17-11-7-9-13-19(17)23-21(24)16(4)27-22(25)18-12-8-10-14-20(18)26-6-2/h7-16H,5-6H2,1-4H3,(H,23,24)/t15-,16-/m0/s1. The third-order valence-corrected chi connectivity index (χ3v) is 4.42. The second kappa shape index (κ2) is 9.76. The van der Waals surface area contributed by atoms with Gasteiger partial charge < -0.3 is 14.8 Å². The molecule has 0 saturated heterocycles. The molecule has 2 atom stereocenters. The monoisotopic (exact) mass is 369 g/mol. The summed E-state index contributed by atoms with van der Waals surface area (Å²) in [5.74, 6) is -0.193. The second-order valence-corrected chi connectivity index (χ2v) is 6.36. The molecule has 5 heteroatoms. The first kappa shape index (κ1) is 20.5. The van der Waals surface area contributed by atoms with Crippen LogP contribution in [0.5, 0.6) is 5.75 Å². The summed E-state index contributed by atoms with van der Waals surface area (Å²) in [6.07, 6.45) is 0.0307. The van der Waals surface area contributed by atoms with Crippen LogP contribution >= 0.6 is 0 Å². The molecule has 0 aliphatic rings. The van der Waals surface area contributed by atoms with Crippen molar-refractivity contribution in [3.63, 3.8) is 0 Å². The number of amides is 1. The third kappa shape index (κ3) is 5.33. The number of carbonyl (C=O) groups is 2. The maximum absolute atomic E-state index is 12.5. The normalized spacial score (nSPS) is 12.7. The summed E-state index contributed by atoms with van der Waals surface area (Å²) in [5.41, 5.74) is 2.11. The Labute approximate surface area is 160 Å². The van der Waals surface area contributed by atoms with Gasteiger partial charge in [-0.15, -0.1) is 0 Å². The fraction of sp³-hybridized carbons (Fsp3) is 0.364. The van der Waals surface area contributed by atoms with Crippen LogP contribution in [0.25, 0.3) is 0 Å². The summed E-state index contributed by atoms with van der Waals surface area (Å²) >= 11 is 0. The van der Waals surface area contributed by atoms with E-state index in [2.05, 4.69) is 19.2 Å². The van der Waals surface area contributed by atoms with Crippen molar-refractivity contribution in [3.05, 3.63) is 59.7 Å². The Kier molecular flexibility index (Phi) is 7.41. The van der Waals surface area contributed by atoms with Crippen molar-refractivity contribution in [2.75, 3.05) is 11.9 Å². The van der Waals surface area contributed by atoms with Gasteiger partial charge >= 0.3 is 5.97 Å². The minimum Gasteiger partial charge on any atom is -0.493 e. The van der Waals surface area contributed by atoms with E-state index < -0.39 is 12.1 Å². The van der Waals surface area contributed by atoms with E-state index in [0.717, 1.165) is 17.7 Å². The zero-order valence-corrected chi connectivity index (χ0v) is 16.3. The lowest BCUT2D eigenvalue weighted by atomic mass is 9.97. The van der Waals surface area contributed by atoms with Gasteiger partial charge in [-0.25, -0.2) is 4.79 Å². The second-order valence-electron chi connectivity index (χ2n) is 6.36. The fourth-order valence-electron chi connectivity index (χ4n) is 2.69. The van der Waals surface area contributed by atoms with Crippen molar-refractivity contribution in [1.82, 2.24) is 0 Å². The van der Waals surface area contributed by atoms with Crippen LogP contribution in [-0.4, -0.2) is 24.6 Å². The van der Waals surface area contributed by atoms with Crippen LogP contribution in [0.2, 0.25) is 0 Å². The third-order valence-electron chi connectivity index (χ3n) is 4.42. The van der Waals surface area contributed by atoms with Gasteiger partial charge in [-0.1, -0.05) is 44.2 Å². The van der Waals surface area contributed by atoms with E-state index in [1.807, 2.05) is 31.2 Å². The quantitative estimate of drug-likeness (QED) is 0.680. The number of benzene rings is 2. The van der Waals surface area contributed by atoms with Crippen LogP contribution in [0.15, 0.2) is 48.5 Å². The van der Waals surface area contributed by atoms with Crippen molar-refractivity contribution >= 4 is 17.6 Å². The molecule has 1 N–H and O–H groups in total. The smallest absolute Gasteiger partial charge is 0.342 e. The Hall–Kier alpha value is -2.82. The van der Waals surface area contributed by atoms with Gasteiger partial charge in [0.2, 0.25) is 0 Å². The van der Waals surface area contributed by atoms with Crippen molar-refractivity contribution in [2.24, 2.45) is 0 Å². The fourth-order valence-corrected chi connectivity index (χ4v) is 2.69. The van der Waals surface area contributed by atoms with Gasteiger partial charge in [0.25, 0.3) is 5.91 Å². The van der Waals surface area contributed by atoms with Crippen molar-refractivity contribution in [1.29, 1.82) is 0 Å². The predicted octanol–water partition coefficient (Wildman–Crippen LogP) is 4.78. The van der Waals surface area contributed by atoms with Gasteiger partial charge in [0.1, 0.15) is 11.3 Å². The van der Waals surface area contributed by atoms with E-state index in [1.165, 1.54) is 0 Å². The Morgan fingerprint density at radius 1 is 1.00 bits per heavy atom. The first-order chi connectivity index (χ1) is 13.0. The molecule has 0 aromatic heterocycles. The molecule has 2 aromatic carbocycles. The largest absolute Gasteiger partial charge is 0.493 e. The van der Waals surface area contributed by atoms with Gasteiger partial charge in [-0.05, 0) is 49.9 Å². The van der Waals surface area contributed by atoms with Crippen molar-refractivity contribution in [2.45, 2.75) is 46.1 Å². The summed E-state index contributed by atoms with van der Waals surface area (Å²) in [4.78, 5) is 25.0. The lowest BCUT2D eigenvalue weighted by Gasteiger charge is -2.18. The highest BCUT2D eigenvalue weighted by molar-refractivity contribution is 5.98. The lowest BCUT2D eigenvalue weighted by Crippen LogP contribution is -2.30. The van der Waals surface area contributed by atoms with Crippen LogP contribution in [0.3, 0.4) is 0 Å². The Balaban J connectivity index is 2.08. The number of hydrogen-bond acceptors (Lipinski definition) is 4. The average Bonchev–Trinajstić information content (AvgIpc) is 2.68. The number of esters is 1. The molecular formula is C22H27NO4. The summed E-state index contributed by atoms with van der Waals surface area (Å²) in [6.45, 7) is 8.05. The van der Waals surface area contributed by atoms with Crippen LogP contribution in [0, 0.1) is 0 Å². The van der Waals surface area contributed by atoms with E-state index in [-0.39, 0.29) is 5.91 Å². The van der Waals surface area contributed by atoms with Crippen LogP contribution in [-0.2, 0) is 9.53 Å². The van der Waals surface area contributed by atoms with Crippen LogP contribution in [0.4, 0.5) is 5.69 Å². The van der Waals surface area contributed by atoms with Gasteiger partial charge in [-0.3, -0.25) is 4.79 Å². The molecule has 2 aromatic rings. The Morgan fingerprint density at radius 3 is 2.37 bits per heavy atom. The molecule has 0 saturated carbocycles. The average molecular weight is 369 g/mol. The zero-order chi connectivity index (χ0) is 19.8. The van der Waals surface area contributed by atoms with Crippen LogP contribution < -0.4 is 10.1 Å². The van der Waals surface area contributed by atoms with Gasteiger partial charge in [0, 0.05) is 5.69 Å². The first-order valence-electron chi connectivity index (χ1n) is 9.30. The summed E-state index contributed by atoms with van der Waals surface area (Å²) in [5, 5.41) is 2.87. The van der Waals surface area contributed by atoms with E-state index in [0.29, 0.717) is 23.8 Å². The van der Waals surface area contributed by atoms with E-state index in [9.17, 15) is 9.59 Å². The number of ether oxygens (including phenoxy) is 2. The Morgan fingerprint density at radius 2 is 1.67 bits per heavy atom. The van der Waals surface area contributed by atoms with Crippen molar-refractivity contribution in [3.8, 4) is 5.75 Å². The lowest BCUT2D eigenvalue weighted by molar-refractivity contribution is -0.123. The number of hydrogen-bond donors (Lipinski definition) is 1. The van der Waals surface area contributed by atoms with E-state index in [4.69, 9.17) is 9.47 Å². The van der Waals surface area contributed by atoms with Gasteiger partial charge in [0.05, 0.1) is 6.61 Å². The molecule has 0 fully saturated rings.